The van der Waals surface area contributed by atoms with Crippen LogP contribution >= 0.6 is 0 Å². The van der Waals surface area contributed by atoms with Crippen molar-refractivity contribution in [3.05, 3.63) is 76.3 Å². The summed E-state index contributed by atoms with van der Waals surface area (Å²) < 4.78 is 4.99. The molecule has 142 valence electrons. The second-order valence-corrected chi connectivity index (χ2v) is 5.92. The molecule has 0 unspecified atom stereocenters. The van der Waals surface area contributed by atoms with Crippen molar-refractivity contribution in [2.45, 2.75) is 6.92 Å². The van der Waals surface area contributed by atoms with E-state index in [1.807, 2.05) is 54.6 Å². The molecule has 0 saturated carbocycles. The number of esters is 1. The van der Waals surface area contributed by atoms with Gasteiger partial charge in [-0.1, -0.05) is 54.6 Å². The summed E-state index contributed by atoms with van der Waals surface area (Å²) in [5.41, 5.74) is 2.76. The van der Waals surface area contributed by atoms with Gasteiger partial charge >= 0.3 is 11.7 Å². The van der Waals surface area contributed by atoms with Crippen molar-refractivity contribution in [1.29, 1.82) is 0 Å². The van der Waals surface area contributed by atoms with E-state index in [0.717, 1.165) is 16.7 Å². The number of rotatable bonds is 6. The number of nitrogens with one attached hydrogen (secondary N) is 1. The summed E-state index contributed by atoms with van der Waals surface area (Å²) in [5.74, 6) is -0.743. The van der Waals surface area contributed by atoms with E-state index in [1.54, 1.807) is 6.92 Å². The van der Waals surface area contributed by atoms with Crippen LogP contribution in [0.15, 0.2) is 60.7 Å². The zero-order valence-electron chi connectivity index (χ0n) is 15.5. The van der Waals surface area contributed by atoms with Gasteiger partial charge in [-0.3, -0.25) is 10.1 Å². The molecule has 1 aromatic heterocycles. The number of pyridine rings is 1. The molecular formula is C21H19N3O4. The molecule has 0 aliphatic rings. The Morgan fingerprint density at radius 2 is 1.68 bits per heavy atom. The Hall–Kier alpha value is -3.74. The lowest BCUT2D eigenvalue weighted by atomic mass is 10.0. The standard InChI is InChI=1S/C21H19N3O4/c1-3-28-21(25)17-13-18(23-20(22-2)19(17)24(26)27)16-11-9-15(10-12-16)14-7-5-4-6-8-14/h4-13H,3H2,1-2H3,(H,22,23). The monoisotopic (exact) mass is 377 g/mol. The molecule has 1 heterocycles. The Morgan fingerprint density at radius 1 is 1.07 bits per heavy atom. The van der Waals surface area contributed by atoms with Gasteiger partial charge in [0, 0.05) is 12.6 Å². The molecular weight excluding hydrogens is 358 g/mol. The van der Waals surface area contributed by atoms with Crippen molar-refractivity contribution >= 4 is 17.5 Å². The molecule has 0 saturated heterocycles. The largest absolute Gasteiger partial charge is 0.462 e. The highest BCUT2D eigenvalue weighted by atomic mass is 16.6. The molecule has 0 aliphatic carbocycles. The average molecular weight is 377 g/mol. The number of nitro groups is 1. The molecule has 3 aromatic rings. The van der Waals surface area contributed by atoms with Crippen LogP contribution in [-0.4, -0.2) is 29.5 Å². The van der Waals surface area contributed by atoms with Crippen LogP contribution in [0.2, 0.25) is 0 Å². The number of ether oxygens (including phenoxy) is 1. The summed E-state index contributed by atoms with van der Waals surface area (Å²) in [4.78, 5) is 27.5. The van der Waals surface area contributed by atoms with E-state index in [-0.39, 0.29) is 18.0 Å². The smallest absolute Gasteiger partial charge is 0.345 e. The van der Waals surface area contributed by atoms with Crippen LogP contribution in [0.1, 0.15) is 17.3 Å². The van der Waals surface area contributed by atoms with Crippen molar-refractivity contribution < 1.29 is 14.5 Å². The SMILES string of the molecule is CCOC(=O)c1cc(-c2ccc(-c3ccccc3)cc2)nc(NC)c1[N+](=O)[O-]. The normalized spacial score (nSPS) is 10.4. The second-order valence-electron chi connectivity index (χ2n) is 5.92. The summed E-state index contributed by atoms with van der Waals surface area (Å²) in [7, 11) is 1.52. The van der Waals surface area contributed by atoms with Gasteiger partial charge in [-0.05, 0) is 24.1 Å². The van der Waals surface area contributed by atoms with Gasteiger partial charge < -0.3 is 10.1 Å². The predicted octanol–water partition coefficient (Wildman–Crippen LogP) is 4.54. The second kappa shape index (κ2) is 8.30. The highest BCUT2D eigenvalue weighted by Gasteiger charge is 2.28. The van der Waals surface area contributed by atoms with Crippen molar-refractivity contribution in [2.75, 3.05) is 19.0 Å². The van der Waals surface area contributed by atoms with E-state index in [2.05, 4.69) is 10.3 Å². The Bertz CT molecular complexity index is 1000. The average Bonchev–Trinajstić information content (AvgIpc) is 2.73. The summed E-state index contributed by atoms with van der Waals surface area (Å²) in [6.07, 6.45) is 0. The zero-order valence-corrected chi connectivity index (χ0v) is 15.5. The van der Waals surface area contributed by atoms with Crippen LogP contribution in [0.3, 0.4) is 0 Å². The first kappa shape index (κ1) is 19.0. The summed E-state index contributed by atoms with van der Waals surface area (Å²) in [6.45, 7) is 1.77. The van der Waals surface area contributed by atoms with Crippen LogP contribution in [-0.2, 0) is 4.74 Å². The lowest BCUT2D eigenvalue weighted by molar-refractivity contribution is -0.384. The van der Waals surface area contributed by atoms with E-state index in [4.69, 9.17) is 4.74 Å². The third kappa shape index (κ3) is 3.83. The maximum atomic E-state index is 12.3. The maximum absolute atomic E-state index is 12.3. The Kier molecular flexibility index (Phi) is 5.64. The van der Waals surface area contributed by atoms with Crippen molar-refractivity contribution in [1.82, 2.24) is 4.98 Å². The van der Waals surface area contributed by atoms with Crippen LogP contribution in [0.25, 0.3) is 22.4 Å². The van der Waals surface area contributed by atoms with Gasteiger partial charge in [-0.15, -0.1) is 0 Å². The fraction of sp³-hybridized carbons (Fsp3) is 0.143. The lowest BCUT2D eigenvalue weighted by Gasteiger charge is -2.10. The number of carbonyl (C=O) groups is 1. The first-order valence-electron chi connectivity index (χ1n) is 8.75. The van der Waals surface area contributed by atoms with E-state index < -0.39 is 16.6 Å². The molecule has 0 amide bonds. The molecule has 0 aliphatic heterocycles. The fourth-order valence-electron chi connectivity index (χ4n) is 2.87. The number of hydrogen-bond donors (Lipinski definition) is 1. The molecule has 7 nitrogen and oxygen atoms in total. The van der Waals surface area contributed by atoms with Crippen LogP contribution in [0.4, 0.5) is 11.5 Å². The Labute approximate surface area is 162 Å². The van der Waals surface area contributed by atoms with Gasteiger partial charge in [0.05, 0.1) is 17.2 Å². The van der Waals surface area contributed by atoms with E-state index in [1.165, 1.54) is 13.1 Å². The number of carbonyl (C=O) groups excluding carboxylic acids is 1. The molecule has 28 heavy (non-hydrogen) atoms. The van der Waals surface area contributed by atoms with E-state index in [0.29, 0.717) is 5.69 Å². The number of hydrogen-bond acceptors (Lipinski definition) is 6. The minimum absolute atomic E-state index is 0.0117. The summed E-state index contributed by atoms with van der Waals surface area (Å²) >= 11 is 0. The van der Waals surface area contributed by atoms with Gasteiger partial charge in [0.2, 0.25) is 5.82 Å². The summed E-state index contributed by atoms with van der Waals surface area (Å²) in [5, 5.41) is 14.2. The molecule has 0 fully saturated rings. The van der Waals surface area contributed by atoms with Gasteiger partial charge in [0.1, 0.15) is 5.56 Å². The molecule has 7 heteroatoms. The maximum Gasteiger partial charge on any atom is 0.345 e. The topological polar surface area (TPSA) is 94.4 Å². The minimum atomic E-state index is -0.754. The van der Waals surface area contributed by atoms with Crippen LogP contribution in [0.5, 0.6) is 0 Å². The molecule has 0 spiro atoms. The van der Waals surface area contributed by atoms with Crippen molar-refractivity contribution in [3.63, 3.8) is 0 Å². The van der Waals surface area contributed by atoms with Crippen molar-refractivity contribution in [3.8, 4) is 22.4 Å². The van der Waals surface area contributed by atoms with Gasteiger partial charge in [0.25, 0.3) is 0 Å². The molecule has 0 atom stereocenters. The first-order chi connectivity index (χ1) is 13.5. The molecule has 3 rings (SSSR count). The van der Waals surface area contributed by atoms with E-state index in [9.17, 15) is 14.9 Å². The number of aromatic nitrogens is 1. The quantitative estimate of drug-likeness (QED) is 0.385. The minimum Gasteiger partial charge on any atom is -0.462 e. The van der Waals surface area contributed by atoms with Gasteiger partial charge in [0.15, 0.2) is 0 Å². The number of benzene rings is 2. The van der Waals surface area contributed by atoms with Crippen LogP contribution < -0.4 is 5.32 Å². The zero-order chi connectivity index (χ0) is 20.1. The first-order valence-corrected chi connectivity index (χ1v) is 8.75. The van der Waals surface area contributed by atoms with Crippen molar-refractivity contribution in [2.24, 2.45) is 0 Å². The highest BCUT2D eigenvalue weighted by Crippen LogP contribution is 2.32. The van der Waals surface area contributed by atoms with Crippen LogP contribution in [0, 0.1) is 10.1 Å². The van der Waals surface area contributed by atoms with E-state index >= 15 is 0 Å². The summed E-state index contributed by atoms with van der Waals surface area (Å²) in [6, 6.07) is 18.9. The van der Waals surface area contributed by atoms with Gasteiger partial charge in [-0.25, -0.2) is 9.78 Å². The number of nitrogens with zero attached hydrogens (tertiary/aromatic N) is 2. The Morgan fingerprint density at radius 3 is 2.25 bits per heavy atom. The molecule has 0 radical (unpaired) electrons. The fourth-order valence-corrected chi connectivity index (χ4v) is 2.87. The lowest BCUT2D eigenvalue weighted by Crippen LogP contribution is -2.11. The molecule has 1 N–H and O–H groups in total. The third-order valence-corrected chi connectivity index (χ3v) is 4.20. The van der Waals surface area contributed by atoms with Gasteiger partial charge in [-0.2, -0.15) is 0 Å². The third-order valence-electron chi connectivity index (χ3n) is 4.20. The Balaban J connectivity index is 2.07. The highest BCUT2D eigenvalue weighted by molar-refractivity contribution is 5.97. The number of anilines is 1. The molecule has 2 aromatic carbocycles. The predicted molar refractivity (Wildman–Crippen MR) is 107 cm³/mol. The molecule has 0 bridgehead atoms.